The Bertz CT molecular complexity index is 398. The topological polar surface area (TPSA) is 116 Å². The van der Waals surface area contributed by atoms with Crippen molar-refractivity contribution in [1.82, 2.24) is 20.2 Å². The number of rotatable bonds is 4. The Hall–Kier alpha value is -1.22. The SMILES string of the molecule is CC(CNc1nnnn1C)S(N)(=O)=O. The van der Waals surface area contributed by atoms with Gasteiger partial charge in [0, 0.05) is 13.6 Å². The maximum Gasteiger partial charge on any atom is 0.242 e. The van der Waals surface area contributed by atoms with Gasteiger partial charge in [0.05, 0.1) is 5.25 Å². The smallest absolute Gasteiger partial charge is 0.242 e. The molecule has 0 radical (unpaired) electrons. The van der Waals surface area contributed by atoms with Gasteiger partial charge in [-0.15, -0.1) is 0 Å². The van der Waals surface area contributed by atoms with Gasteiger partial charge in [0.15, 0.2) is 0 Å². The van der Waals surface area contributed by atoms with Crippen molar-refractivity contribution in [2.45, 2.75) is 12.2 Å². The van der Waals surface area contributed by atoms with E-state index < -0.39 is 15.3 Å². The van der Waals surface area contributed by atoms with Crippen LogP contribution in [0, 0.1) is 0 Å². The first-order valence-corrected chi connectivity index (χ1v) is 5.50. The Morgan fingerprint density at radius 3 is 2.71 bits per heavy atom. The van der Waals surface area contributed by atoms with Gasteiger partial charge in [-0.25, -0.2) is 18.2 Å². The van der Waals surface area contributed by atoms with Gasteiger partial charge in [-0.3, -0.25) is 0 Å². The van der Waals surface area contributed by atoms with Crippen LogP contribution >= 0.6 is 0 Å². The van der Waals surface area contributed by atoms with Crippen LogP contribution in [-0.4, -0.2) is 40.4 Å². The lowest BCUT2D eigenvalue weighted by Crippen LogP contribution is -2.32. The summed E-state index contributed by atoms with van der Waals surface area (Å²) in [6, 6.07) is 0. The largest absolute Gasteiger partial charge is 0.352 e. The zero-order chi connectivity index (χ0) is 10.8. The molecular formula is C5H12N6O2S. The Labute approximate surface area is 81.5 Å². The first-order chi connectivity index (χ1) is 6.41. The third-order valence-corrected chi connectivity index (χ3v) is 3.02. The first-order valence-electron chi connectivity index (χ1n) is 3.89. The summed E-state index contributed by atoms with van der Waals surface area (Å²) in [5.74, 6) is 0.403. The van der Waals surface area contributed by atoms with Crippen LogP contribution in [-0.2, 0) is 17.1 Å². The summed E-state index contributed by atoms with van der Waals surface area (Å²) in [6.07, 6.45) is 0. The van der Waals surface area contributed by atoms with Gasteiger partial charge in [-0.1, -0.05) is 5.10 Å². The molecule has 0 aromatic carbocycles. The van der Waals surface area contributed by atoms with Crippen molar-refractivity contribution in [2.75, 3.05) is 11.9 Å². The minimum absolute atomic E-state index is 0.174. The quantitative estimate of drug-likeness (QED) is 0.624. The molecule has 1 aromatic heterocycles. The molecule has 8 nitrogen and oxygen atoms in total. The number of aryl methyl sites for hydroxylation is 1. The standard InChI is InChI=1S/C5H12N6O2S/c1-4(14(6,12)13)3-7-5-8-9-10-11(5)2/h4H,3H2,1-2H3,(H2,6,12,13)(H,7,8,10). The van der Waals surface area contributed by atoms with Gasteiger partial charge in [0.2, 0.25) is 16.0 Å². The fraction of sp³-hybridized carbons (Fsp3) is 0.800. The Morgan fingerprint density at radius 2 is 2.29 bits per heavy atom. The minimum Gasteiger partial charge on any atom is -0.352 e. The van der Waals surface area contributed by atoms with Crippen LogP contribution in [0.4, 0.5) is 5.95 Å². The van der Waals surface area contributed by atoms with Gasteiger partial charge in [0.1, 0.15) is 0 Å². The fourth-order valence-electron chi connectivity index (χ4n) is 0.730. The predicted octanol–water partition coefficient (Wildman–Crippen LogP) is -1.70. The summed E-state index contributed by atoms with van der Waals surface area (Å²) in [5, 5.41) is 17.6. The highest BCUT2D eigenvalue weighted by Gasteiger charge is 2.15. The van der Waals surface area contributed by atoms with E-state index in [0.29, 0.717) is 5.95 Å². The molecular weight excluding hydrogens is 208 g/mol. The van der Waals surface area contributed by atoms with E-state index in [2.05, 4.69) is 20.8 Å². The van der Waals surface area contributed by atoms with Crippen molar-refractivity contribution in [2.24, 2.45) is 12.2 Å². The van der Waals surface area contributed by atoms with E-state index in [1.54, 1.807) is 7.05 Å². The highest BCUT2D eigenvalue weighted by molar-refractivity contribution is 7.89. The van der Waals surface area contributed by atoms with E-state index in [9.17, 15) is 8.42 Å². The number of nitrogens with zero attached hydrogens (tertiary/aromatic N) is 4. The molecule has 0 aliphatic rings. The molecule has 0 saturated carbocycles. The molecule has 0 amide bonds. The summed E-state index contributed by atoms with van der Waals surface area (Å²) < 4.78 is 23.1. The predicted molar refractivity (Wildman–Crippen MR) is 49.9 cm³/mol. The van der Waals surface area contributed by atoms with Crippen LogP contribution in [0.5, 0.6) is 0 Å². The van der Waals surface area contributed by atoms with E-state index in [-0.39, 0.29) is 6.54 Å². The van der Waals surface area contributed by atoms with Crippen LogP contribution < -0.4 is 10.5 Å². The minimum atomic E-state index is -3.51. The number of sulfonamides is 1. The second-order valence-corrected chi connectivity index (χ2v) is 4.89. The Balaban J connectivity index is 2.54. The number of nitrogens with one attached hydrogen (secondary N) is 1. The first kappa shape index (κ1) is 10.9. The summed E-state index contributed by atoms with van der Waals surface area (Å²) in [7, 11) is -1.87. The van der Waals surface area contributed by atoms with Crippen LogP contribution in [0.1, 0.15) is 6.92 Å². The molecule has 0 bridgehead atoms. The maximum absolute atomic E-state index is 10.9. The molecule has 3 N–H and O–H groups in total. The van der Waals surface area contributed by atoms with E-state index >= 15 is 0 Å². The molecule has 80 valence electrons. The summed E-state index contributed by atoms with van der Waals surface area (Å²) in [4.78, 5) is 0. The van der Waals surface area contributed by atoms with E-state index in [1.807, 2.05) is 0 Å². The third-order valence-electron chi connectivity index (χ3n) is 1.73. The Kier molecular flexibility index (Phi) is 3.01. The lowest BCUT2D eigenvalue weighted by Gasteiger charge is -2.09. The maximum atomic E-state index is 10.9. The Morgan fingerprint density at radius 1 is 1.64 bits per heavy atom. The number of anilines is 1. The molecule has 0 aliphatic heterocycles. The average Bonchev–Trinajstić information content (AvgIpc) is 2.45. The van der Waals surface area contributed by atoms with Crippen LogP contribution in [0.2, 0.25) is 0 Å². The summed E-state index contributed by atoms with van der Waals surface area (Å²) >= 11 is 0. The van der Waals surface area contributed by atoms with E-state index in [1.165, 1.54) is 11.6 Å². The lowest BCUT2D eigenvalue weighted by molar-refractivity contribution is 0.586. The molecule has 14 heavy (non-hydrogen) atoms. The highest BCUT2D eigenvalue weighted by Crippen LogP contribution is 1.99. The molecule has 1 atom stereocenters. The van der Waals surface area contributed by atoms with Crippen LogP contribution in [0.15, 0.2) is 0 Å². The van der Waals surface area contributed by atoms with Gasteiger partial charge in [-0.05, 0) is 17.4 Å². The number of tetrazole rings is 1. The molecule has 0 aliphatic carbocycles. The van der Waals surface area contributed by atoms with E-state index in [4.69, 9.17) is 5.14 Å². The zero-order valence-corrected chi connectivity index (χ0v) is 8.69. The van der Waals surface area contributed by atoms with Gasteiger partial charge in [0.25, 0.3) is 0 Å². The lowest BCUT2D eigenvalue weighted by atomic mass is 10.5. The van der Waals surface area contributed by atoms with Gasteiger partial charge >= 0.3 is 0 Å². The fourth-order valence-corrected chi connectivity index (χ4v) is 1.05. The zero-order valence-electron chi connectivity index (χ0n) is 7.88. The van der Waals surface area contributed by atoms with Crippen molar-refractivity contribution in [3.05, 3.63) is 0 Å². The molecule has 1 rings (SSSR count). The normalized spacial score (nSPS) is 13.9. The number of hydrogen-bond donors (Lipinski definition) is 2. The highest BCUT2D eigenvalue weighted by atomic mass is 32.2. The molecule has 1 unspecified atom stereocenters. The molecule has 0 fully saturated rings. The number of hydrogen-bond acceptors (Lipinski definition) is 6. The van der Waals surface area contributed by atoms with Gasteiger partial charge in [-0.2, -0.15) is 0 Å². The monoisotopic (exact) mass is 220 g/mol. The van der Waals surface area contributed by atoms with Crippen molar-refractivity contribution in [1.29, 1.82) is 0 Å². The van der Waals surface area contributed by atoms with Crippen molar-refractivity contribution < 1.29 is 8.42 Å². The number of nitrogens with two attached hydrogens (primary N) is 1. The summed E-state index contributed by atoms with van der Waals surface area (Å²) in [5.41, 5.74) is 0. The van der Waals surface area contributed by atoms with Crippen molar-refractivity contribution in [3.8, 4) is 0 Å². The number of aromatic nitrogens is 4. The molecule has 9 heteroatoms. The molecule has 1 aromatic rings. The van der Waals surface area contributed by atoms with Crippen molar-refractivity contribution in [3.63, 3.8) is 0 Å². The third kappa shape index (κ3) is 2.64. The second kappa shape index (κ2) is 3.88. The molecule has 1 heterocycles. The van der Waals surface area contributed by atoms with E-state index in [0.717, 1.165) is 0 Å². The summed E-state index contributed by atoms with van der Waals surface area (Å²) in [6.45, 7) is 1.68. The average molecular weight is 220 g/mol. The van der Waals surface area contributed by atoms with Gasteiger partial charge < -0.3 is 5.32 Å². The number of primary sulfonamides is 1. The molecule has 0 saturated heterocycles. The van der Waals surface area contributed by atoms with Crippen molar-refractivity contribution >= 4 is 16.0 Å². The molecule has 0 spiro atoms. The second-order valence-electron chi connectivity index (χ2n) is 2.91. The van der Waals surface area contributed by atoms with Crippen LogP contribution in [0.25, 0.3) is 0 Å². The van der Waals surface area contributed by atoms with Crippen LogP contribution in [0.3, 0.4) is 0 Å².